The van der Waals surface area contributed by atoms with Crippen molar-refractivity contribution in [2.24, 2.45) is 11.8 Å². The zero-order chi connectivity index (χ0) is 39.8. The van der Waals surface area contributed by atoms with Crippen LogP contribution in [0.2, 0.25) is 0 Å². The van der Waals surface area contributed by atoms with Gasteiger partial charge in [0.1, 0.15) is 11.9 Å². The van der Waals surface area contributed by atoms with Gasteiger partial charge in [-0.2, -0.15) is 10.4 Å². The molecule has 0 bridgehead atoms. The summed E-state index contributed by atoms with van der Waals surface area (Å²) < 4.78 is 7.60. The second-order valence-electron chi connectivity index (χ2n) is 16.0. The van der Waals surface area contributed by atoms with Gasteiger partial charge in [0.2, 0.25) is 16.9 Å². The third-order valence-electron chi connectivity index (χ3n) is 12.6. The van der Waals surface area contributed by atoms with Crippen LogP contribution in [0.3, 0.4) is 0 Å². The maximum Gasteiger partial charge on any atom is 0.234 e. The summed E-state index contributed by atoms with van der Waals surface area (Å²) >= 11 is 1.62. The number of anilines is 3. The van der Waals surface area contributed by atoms with Crippen LogP contribution in [0.1, 0.15) is 56.1 Å². The molecule has 4 aliphatic heterocycles. The fraction of sp³-hybridized carbons (Fsp3) is 0.476. The first-order chi connectivity index (χ1) is 28.3. The average Bonchev–Trinajstić information content (AvgIpc) is 4.06. The van der Waals surface area contributed by atoms with Crippen LogP contribution >= 0.6 is 11.3 Å². The summed E-state index contributed by atoms with van der Waals surface area (Å²) in [5.41, 5.74) is 5.87. The lowest BCUT2D eigenvalue weighted by Gasteiger charge is -2.39. The number of nitrogens with one attached hydrogen (secondary N) is 1. The number of nitriles is 1. The number of rotatable bonds is 10. The topological polar surface area (TPSA) is 161 Å². The van der Waals surface area contributed by atoms with E-state index in [0.717, 1.165) is 128 Å². The van der Waals surface area contributed by atoms with E-state index in [9.17, 15) is 14.9 Å². The van der Waals surface area contributed by atoms with E-state index in [4.69, 9.17) is 24.9 Å². The van der Waals surface area contributed by atoms with Crippen molar-refractivity contribution in [2.45, 2.75) is 51.0 Å². The number of fused-ring (bicyclic) bond motifs is 1. The van der Waals surface area contributed by atoms with Crippen LogP contribution < -0.4 is 20.0 Å². The molecule has 58 heavy (non-hydrogen) atoms. The highest BCUT2D eigenvalue weighted by Crippen LogP contribution is 2.39. The van der Waals surface area contributed by atoms with Crippen LogP contribution in [0.4, 0.5) is 16.6 Å². The highest BCUT2D eigenvalue weighted by atomic mass is 32.1. The predicted octanol–water partition coefficient (Wildman–Crippen LogP) is 4.60. The normalized spacial score (nSPS) is 21.3. The second-order valence-corrected chi connectivity index (χ2v) is 17.0. The molecule has 4 fully saturated rings. The summed E-state index contributed by atoms with van der Waals surface area (Å²) in [4.78, 5) is 43.1. The van der Waals surface area contributed by atoms with Crippen LogP contribution in [-0.4, -0.2) is 119 Å². The Bertz CT molecular complexity index is 2320. The number of piperidine rings is 2. The van der Waals surface area contributed by atoms with Crippen molar-refractivity contribution in [3.63, 3.8) is 0 Å². The quantitative estimate of drug-likeness (QED) is 0.196. The Morgan fingerprint density at radius 3 is 2.55 bits per heavy atom. The number of amides is 2. The van der Waals surface area contributed by atoms with E-state index in [0.29, 0.717) is 30.2 Å². The summed E-state index contributed by atoms with van der Waals surface area (Å²) in [6.45, 7) is 10.6. The molecule has 9 heterocycles. The Hall–Kier alpha value is -5.50. The molecule has 0 radical (unpaired) electrons. The zero-order valence-electron chi connectivity index (χ0n) is 33.0. The molecule has 300 valence electrons. The SMILES string of the molecule is CC([C@H]1CCOC1)N(C)c1cc(-c2ccc3cc(C#N)cnn23)ncc1-c1nnc(N2CCN(CC3CCN(c4ccc([C@@H]5CCC(=O)NC5=O)cn4)CC3)CC2)s1. The molecule has 1 unspecified atom stereocenters. The number of ether oxygens (including phenoxy) is 1. The van der Waals surface area contributed by atoms with Crippen molar-refractivity contribution < 1.29 is 14.3 Å². The first-order valence-electron chi connectivity index (χ1n) is 20.4. The molecule has 5 aromatic rings. The molecule has 0 spiro atoms. The molecule has 2 amide bonds. The van der Waals surface area contributed by atoms with Gasteiger partial charge < -0.3 is 19.4 Å². The van der Waals surface area contributed by atoms with Gasteiger partial charge in [-0.25, -0.2) is 9.50 Å². The van der Waals surface area contributed by atoms with Crippen molar-refractivity contribution >= 4 is 45.3 Å². The Morgan fingerprint density at radius 1 is 0.966 bits per heavy atom. The van der Waals surface area contributed by atoms with Gasteiger partial charge in [0.05, 0.1) is 52.4 Å². The number of carbonyl (C=O) groups excluding carboxylic acids is 2. The maximum absolute atomic E-state index is 12.3. The van der Waals surface area contributed by atoms with Crippen LogP contribution in [0.5, 0.6) is 0 Å². The van der Waals surface area contributed by atoms with E-state index in [1.165, 1.54) is 0 Å². The highest BCUT2D eigenvalue weighted by molar-refractivity contribution is 7.18. The smallest absolute Gasteiger partial charge is 0.234 e. The summed E-state index contributed by atoms with van der Waals surface area (Å²) in [5, 5.41) is 27.6. The molecule has 4 saturated heterocycles. The monoisotopic (exact) mass is 800 g/mol. The lowest BCUT2D eigenvalue weighted by Crippen LogP contribution is -2.49. The number of aromatic nitrogens is 6. The van der Waals surface area contributed by atoms with Gasteiger partial charge in [0, 0.05) is 90.2 Å². The minimum Gasteiger partial charge on any atom is -0.381 e. The summed E-state index contributed by atoms with van der Waals surface area (Å²) in [6.07, 6.45) is 9.47. The Labute approximate surface area is 341 Å². The Balaban J connectivity index is 0.829. The Morgan fingerprint density at radius 2 is 1.81 bits per heavy atom. The number of hydrogen-bond acceptors (Lipinski definition) is 14. The lowest BCUT2D eigenvalue weighted by molar-refractivity contribution is -0.134. The minimum absolute atomic E-state index is 0.198. The third kappa shape index (κ3) is 7.73. The molecule has 0 aromatic carbocycles. The molecular formula is C42H48N12O3S. The van der Waals surface area contributed by atoms with Crippen molar-refractivity contribution in [2.75, 3.05) is 80.8 Å². The van der Waals surface area contributed by atoms with E-state index >= 15 is 0 Å². The second kappa shape index (κ2) is 16.4. The van der Waals surface area contributed by atoms with Crippen molar-refractivity contribution in [1.82, 2.24) is 40.0 Å². The molecule has 0 aliphatic carbocycles. The molecule has 0 saturated carbocycles. The maximum atomic E-state index is 12.3. The molecule has 5 aromatic heterocycles. The first kappa shape index (κ1) is 38.0. The van der Waals surface area contributed by atoms with Crippen molar-refractivity contribution in [3.8, 4) is 28.0 Å². The fourth-order valence-corrected chi connectivity index (χ4v) is 9.77. The van der Waals surface area contributed by atoms with Gasteiger partial charge in [-0.05, 0) is 74.4 Å². The van der Waals surface area contributed by atoms with Crippen molar-refractivity contribution in [1.29, 1.82) is 5.26 Å². The van der Waals surface area contributed by atoms with E-state index in [1.54, 1.807) is 23.7 Å². The third-order valence-corrected chi connectivity index (χ3v) is 13.6. The first-order valence-corrected chi connectivity index (χ1v) is 21.2. The number of piperazine rings is 1. The molecule has 4 aliphatic rings. The van der Waals surface area contributed by atoms with E-state index in [2.05, 4.69) is 56.1 Å². The number of pyridine rings is 2. The van der Waals surface area contributed by atoms with E-state index in [-0.39, 0.29) is 23.8 Å². The number of imide groups is 1. The van der Waals surface area contributed by atoms with E-state index < -0.39 is 0 Å². The molecular weight excluding hydrogens is 753 g/mol. The number of hydrogen-bond donors (Lipinski definition) is 1. The average molecular weight is 801 g/mol. The van der Waals surface area contributed by atoms with Crippen LogP contribution in [0, 0.1) is 23.2 Å². The molecule has 16 heteroatoms. The predicted molar refractivity (Wildman–Crippen MR) is 222 cm³/mol. The molecule has 9 rings (SSSR count). The van der Waals surface area contributed by atoms with Gasteiger partial charge in [-0.3, -0.25) is 24.8 Å². The fourth-order valence-electron chi connectivity index (χ4n) is 8.85. The van der Waals surface area contributed by atoms with Gasteiger partial charge in [-0.1, -0.05) is 17.4 Å². The van der Waals surface area contributed by atoms with Gasteiger partial charge in [-0.15, -0.1) is 10.2 Å². The van der Waals surface area contributed by atoms with Gasteiger partial charge >= 0.3 is 0 Å². The molecule has 3 atom stereocenters. The van der Waals surface area contributed by atoms with E-state index in [1.807, 2.05) is 41.0 Å². The molecule has 1 N–H and O–H groups in total. The van der Waals surface area contributed by atoms with Gasteiger partial charge in [0.25, 0.3) is 0 Å². The Kier molecular flexibility index (Phi) is 10.8. The summed E-state index contributed by atoms with van der Waals surface area (Å²) in [6, 6.07) is 14.3. The minimum atomic E-state index is -0.307. The highest BCUT2D eigenvalue weighted by Gasteiger charge is 2.31. The van der Waals surface area contributed by atoms with Gasteiger partial charge in [0.15, 0.2) is 5.01 Å². The van der Waals surface area contributed by atoms with Crippen LogP contribution in [0.15, 0.2) is 55.0 Å². The molecule has 15 nitrogen and oxygen atoms in total. The van der Waals surface area contributed by atoms with Crippen molar-refractivity contribution in [3.05, 3.63) is 66.1 Å². The zero-order valence-corrected chi connectivity index (χ0v) is 33.8. The summed E-state index contributed by atoms with van der Waals surface area (Å²) in [5.74, 6) is 1.28. The number of carbonyl (C=O) groups is 2. The standard InChI is InChI=1S/C42H48N12O3S/c1-27(31-11-18-57-26-31)50(2)37-20-35(36-6-4-32-19-29(21-43)22-46-54(32)36)44-24-34(37)41-48-49-42(58-41)53-16-14-51(15-17-53)25-28-9-12-52(13-10-28)38-7-3-30(23-45-38)33-5-8-39(55)47-40(33)56/h3-4,6-7,19-20,22-24,27-28,31,33H,5,8-18,25-26H2,1-2H3,(H,47,55,56)/t27?,31-,33-/m0/s1. The summed E-state index contributed by atoms with van der Waals surface area (Å²) in [7, 11) is 2.14. The lowest BCUT2D eigenvalue weighted by atomic mass is 9.91. The number of nitrogens with zero attached hydrogens (tertiary/aromatic N) is 11. The largest absolute Gasteiger partial charge is 0.381 e. The van der Waals surface area contributed by atoms with Crippen LogP contribution in [0.25, 0.3) is 27.5 Å². The van der Waals surface area contributed by atoms with Crippen LogP contribution in [-0.2, 0) is 14.3 Å².